The molecular formula is C19H33NO6. The second-order valence-electron chi connectivity index (χ2n) is 7.60. The van der Waals surface area contributed by atoms with E-state index >= 15 is 0 Å². The van der Waals surface area contributed by atoms with E-state index in [9.17, 15) is 19.5 Å². The van der Waals surface area contributed by atoms with Crippen molar-refractivity contribution in [3.05, 3.63) is 0 Å². The van der Waals surface area contributed by atoms with Crippen molar-refractivity contribution in [2.75, 3.05) is 6.54 Å². The molecule has 0 bridgehead atoms. The summed E-state index contributed by atoms with van der Waals surface area (Å²) in [5.74, 6) is -1.41. The van der Waals surface area contributed by atoms with Crippen LogP contribution >= 0.6 is 0 Å². The van der Waals surface area contributed by atoms with Crippen molar-refractivity contribution in [2.45, 2.75) is 84.8 Å². The van der Waals surface area contributed by atoms with E-state index in [-0.39, 0.29) is 24.9 Å². The minimum atomic E-state index is -0.943. The van der Waals surface area contributed by atoms with Gasteiger partial charge >= 0.3 is 18.0 Å². The van der Waals surface area contributed by atoms with Gasteiger partial charge in [-0.3, -0.25) is 9.59 Å². The van der Waals surface area contributed by atoms with Crippen molar-refractivity contribution in [3.8, 4) is 0 Å². The van der Waals surface area contributed by atoms with Gasteiger partial charge in [-0.25, -0.2) is 4.79 Å². The fourth-order valence-electron chi connectivity index (χ4n) is 3.25. The molecule has 2 N–H and O–H groups in total. The Morgan fingerprint density at radius 1 is 1.12 bits per heavy atom. The molecule has 7 heteroatoms. The average molecular weight is 371 g/mol. The molecule has 26 heavy (non-hydrogen) atoms. The van der Waals surface area contributed by atoms with Gasteiger partial charge in [0.15, 0.2) is 0 Å². The van der Waals surface area contributed by atoms with Crippen LogP contribution in [0.3, 0.4) is 0 Å². The molecule has 1 fully saturated rings. The van der Waals surface area contributed by atoms with Gasteiger partial charge in [0.1, 0.15) is 0 Å². The van der Waals surface area contributed by atoms with E-state index in [0.717, 1.165) is 44.9 Å². The maximum Gasteiger partial charge on any atom is 0.410 e. The predicted octanol–water partition coefficient (Wildman–Crippen LogP) is 3.85. The molecule has 1 unspecified atom stereocenters. The highest BCUT2D eigenvalue weighted by Gasteiger charge is 2.35. The molecule has 0 saturated heterocycles. The van der Waals surface area contributed by atoms with Crippen LogP contribution in [0, 0.1) is 11.3 Å². The summed E-state index contributed by atoms with van der Waals surface area (Å²) in [5.41, 5.74) is -0.422. The molecule has 150 valence electrons. The Kier molecular flexibility index (Phi) is 9.44. The summed E-state index contributed by atoms with van der Waals surface area (Å²) in [7, 11) is 0. The molecule has 0 aromatic carbocycles. The van der Waals surface area contributed by atoms with Crippen LogP contribution in [0.5, 0.6) is 0 Å². The number of carbonyl (C=O) groups is 3. The zero-order valence-electron chi connectivity index (χ0n) is 16.2. The van der Waals surface area contributed by atoms with Gasteiger partial charge in [-0.1, -0.05) is 46.5 Å². The molecule has 1 rings (SSSR count). The molecule has 0 heterocycles. The number of hydrogen-bond acceptors (Lipinski definition) is 5. The van der Waals surface area contributed by atoms with E-state index in [2.05, 4.69) is 5.32 Å². The number of hydrogen-bond donors (Lipinski definition) is 2. The van der Waals surface area contributed by atoms with Crippen LogP contribution < -0.4 is 5.32 Å². The topological polar surface area (TPSA) is 102 Å². The number of aliphatic carboxylic acids is 1. The monoisotopic (exact) mass is 371 g/mol. The van der Waals surface area contributed by atoms with Crippen LogP contribution in [0.15, 0.2) is 0 Å². The summed E-state index contributed by atoms with van der Waals surface area (Å²) in [4.78, 5) is 35.1. The van der Waals surface area contributed by atoms with Crippen molar-refractivity contribution in [1.82, 2.24) is 5.32 Å². The number of ether oxygens (including phenoxy) is 2. The van der Waals surface area contributed by atoms with Gasteiger partial charge in [0.25, 0.3) is 6.29 Å². The Labute approximate surface area is 155 Å². The smallest absolute Gasteiger partial charge is 0.410 e. The van der Waals surface area contributed by atoms with Gasteiger partial charge < -0.3 is 19.9 Å². The zero-order valence-corrected chi connectivity index (χ0v) is 16.2. The van der Waals surface area contributed by atoms with Crippen LogP contribution in [0.1, 0.15) is 78.6 Å². The van der Waals surface area contributed by atoms with E-state index in [1.165, 1.54) is 0 Å². The summed E-state index contributed by atoms with van der Waals surface area (Å²) in [6, 6.07) is 0. The van der Waals surface area contributed by atoms with E-state index in [4.69, 9.17) is 9.47 Å². The lowest BCUT2D eigenvalue weighted by atomic mass is 9.72. The van der Waals surface area contributed by atoms with Gasteiger partial charge in [-0.2, -0.15) is 0 Å². The Morgan fingerprint density at radius 3 is 2.31 bits per heavy atom. The first-order valence-electron chi connectivity index (χ1n) is 9.64. The number of esters is 1. The first-order valence-corrected chi connectivity index (χ1v) is 9.64. The lowest BCUT2D eigenvalue weighted by Gasteiger charge is -2.36. The minimum Gasteiger partial charge on any atom is -0.481 e. The molecule has 1 atom stereocenters. The fraction of sp³-hybridized carbons (Fsp3) is 0.842. The molecule has 1 aliphatic carbocycles. The molecule has 1 saturated carbocycles. The van der Waals surface area contributed by atoms with Crippen LogP contribution in [-0.4, -0.2) is 36.0 Å². The average Bonchev–Trinajstić information content (AvgIpc) is 2.58. The van der Waals surface area contributed by atoms with Gasteiger partial charge in [0, 0.05) is 18.9 Å². The first-order chi connectivity index (χ1) is 12.3. The number of amides is 1. The van der Waals surface area contributed by atoms with E-state index < -0.39 is 23.8 Å². The van der Waals surface area contributed by atoms with Crippen molar-refractivity contribution in [1.29, 1.82) is 0 Å². The standard InChI is InChI=1S/C19H33NO6/c1-4-5-9-16(23)25-17(14(2)3)26-18(24)20-13-19(12-15(21)22)10-7-6-8-11-19/h14,17H,4-13H2,1-3H3,(H,20,24)(H,21,22). The lowest BCUT2D eigenvalue weighted by Crippen LogP contribution is -2.42. The lowest BCUT2D eigenvalue weighted by molar-refractivity contribution is -0.175. The number of alkyl carbamates (subject to hydrolysis) is 1. The van der Waals surface area contributed by atoms with Crippen LogP contribution in [0.25, 0.3) is 0 Å². The Hall–Kier alpha value is -1.79. The van der Waals surface area contributed by atoms with Gasteiger partial charge in [0.2, 0.25) is 0 Å². The third kappa shape index (κ3) is 8.06. The number of carboxylic acid groups (broad SMARTS) is 1. The summed E-state index contributed by atoms with van der Waals surface area (Å²) in [5, 5.41) is 11.9. The quantitative estimate of drug-likeness (QED) is 0.447. The summed E-state index contributed by atoms with van der Waals surface area (Å²) in [6.45, 7) is 5.85. The largest absolute Gasteiger partial charge is 0.481 e. The molecule has 0 aliphatic heterocycles. The van der Waals surface area contributed by atoms with Gasteiger partial charge in [0.05, 0.1) is 6.42 Å². The van der Waals surface area contributed by atoms with Crippen LogP contribution in [0.4, 0.5) is 4.79 Å². The van der Waals surface area contributed by atoms with Crippen LogP contribution in [-0.2, 0) is 19.1 Å². The number of unbranched alkanes of at least 4 members (excludes halogenated alkanes) is 1. The predicted molar refractivity (Wildman–Crippen MR) is 96.5 cm³/mol. The number of nitrogens with one attached hydrogen (secondary N) is 1. The van der Waals surface area contributed by atoms with Crippen LogP contribution in [0.2, 0.25) is 0 Å². The Balaban J connectivity index is 2.55. The SMILES string of the molecule is CCCCC(=O)OC(OC(=O)NCC1(CC(=O)O)CCCCC1)C(C)C. The molecule has 0 aromatic rings. The fourth-order valence-corrected chi connectivity index (χ4v) is 3.25. The maximum atomic E-state index is 12.2. The normalized spacial score (nSPS) is 17.4. The number of carboxylic acids is 1. The molecule has 0 aromatic heterocycles. The summed E-state index contributed by atoms with van der Waals surface area (Å²) >= 11 is 0. The zero-order chi connectivity index (χ0) is 19.6. The molecule has 0 radical (unpaired) electrons. The van der Waals surface area contributed by atoms with Crippen molar-refractivity contribution in [2.24, 2.45) is 11.3 Å². The third-order valence-electron chi connectivity index (χ3n) is 4.80. The minimum absolute atomic E-state index is 0.0346. The number of carbonyl (C=O) groups excluding carboxylic acids is 2. The molecule has 1 aliphatic rings. The molecule has 0 spiro atoms. The van der Waals surface area contributed by atoms with Crippen molar-refractivity contribution >= 4 is 18.0 Å². The van der Waals surface area contributed by atoms with Crippen molar-refractivity contribution < 1.29 is 29.0 Å². The maximum absolute atomic E-state index is 12.2. The molecule has 1 amide bonds. The number of rotatable bonds is 10. The van der Waals surface area contributed by atoms with E-state index in [1.807, 2.05) is 6.92 Å². The molecule has 7 nitrogen and oxygen atoms in total. The van der Waals surface area contributed by atoms with E-state index in [1.54, 1.807) is 13.8 Å². The third-order valence-corrected chi connectivity index (χ3v) is 4.80. The Morgan fingerprint density at radius 2 is 1.77 bits per heavy atom. The van der Waals surface area contributed by atoms with E-state index in [0.29, 0.717) is 6.42 Å². The van der Waals surface area contributed by atoms with Crippen molar-refractivity contribution in [3.63, 3.8) is 0 Å². The summed E-state index contributed by atoms with van der Waals surface area (Å²) < 4.78 is 10.5. The molecular weight excluding hydrogens is 338 g/mol. The summed E-state index contributed by atoms with van der Waals surface area (Å²) in [6.07, 6.45) is 4.90. The second-order valence-corrected chi connectivity index (χ2v) is 7.60. The first kappa shape index (κ1) is 22.3. The highest BCUT2D eigenvalue weighted by atomic mass is 16.7. The Bertz CT molecular complexity index is 471. The second kappa shape index (κ2) is 11.0. The van der Waals surface area contributed by atoms with Gasteiger partial charge in [-0.05, 0) is 24.7 Å². The highest BCUT2D eigenvalue weighted by Crippen LogP contribution is 2.38. The van der Waals surface area contributed by atoms with Gasteiger partial charge in [-0.15, -0.1) is 0 Å². The highest BCUT2D eigenvalue weighted by molar-refractivity contribution is 5.71.